The van der Waals surface area contributed by atoms with E-state index in [1.165, 1.54) is 13.3 Å². The van der Waals surface area contributed by atoms with Crippen LogP contribution in [0.2, 0.25) is 0 Å². The number of anilines is 1. The number of hydrogen-bond donors (Lipinski definition) is 1. The number of aromatic nitrogens is 4. The number of likely N-dealkylation sites (tertiary alicyclic amines) is 1. The van der Waals surface area contributed by atoms with Crippen molar-refractivity contribution >= 4 is 23.7 Å². The van der Waals surface area contributed by atoms with Crippen molar-refractivity contribution < 1.29 is 23.6 Å². The molecule has 4 heterocycles. The molecular weight excluding hydrogens is 452 g/mol. The summed E-state index contributed by atoms with van der Waals surface area (Å²) in [6, 6.07) is 9.57. The molecule has 1 aromatic carbocycles. The minimum atomic E-state index is -0.326. The molecule has 1 fully saturated rings. The van der Waals surface area contributed by atoms with Gasteiger partial charge >= 0.3 is 6.09 Å². The van der Waals surface area contributed by atoms with Gasteiger partial charge in [-0.2, -0.15) is 4.98 Å². The van der Waals surface area contributed by atoms with Crippen molar-refractivity contribution in [3.8, 4) is 17.1 Å². The summed E-state index contributed by atoms with van der Waals surface area (Å²) < 4.78 is 16.7. The van der Waals surface area contributed by atoms with Crippen LogP contribution in [0.4, 0.5) is 10.5 Å². The van der Waals surface area contributed by atoms with Gasteiger partial charge < -0.3 is 24.2 Å². The smallest absolute Gasteiger partial charge is 0.409 e. The van der Waals surface area contributed by atoms with Gasteiger partial charge in [0.2, 0.25) is 11.7 Å². The molecule has 1 saturated heterocycles. The van der Waals surface area contributed by atoms with Gasteiger partial charge in [0.25, 0.3) is 0 Å². The first-order chi connectivity index (χ1) is 17.0. The summed E-state index contributed by atoms with van der Waals surface area (Å²) in [5.74, 6) is 1.90. The lowest BCUT2D eigenvalue weighted by atomic mass is 10.0. The van der Waals surface area contributed by atoms with Gasteiger partial charge in [0, 0.05) is 31.4 Å². The number of rotatable bonds is 5. The molecule has 0 spiro atoms. The predicted molar refractivity (Wildman–Crippen MR) is 128 cm³/mol. The molecule has 0 radical (unpaired) electrons. The number of pyridine rings is 1. The van der Waals surface area contributed by atoms with E-state index in [2.05, 4.69) is 25.2 Å². The first kappa shape index (κ1) is 23.7. The number of ether oxygens (including phenoxy) is 2. The number of fused-ring (bicyclic) bond motifs is 1. The van der Waals surface area contributed by atoms with E-state index in [0.717, 1.165) is 28.7 Å². The lowest BCUT2D eigenvalue weighted by Crippen LogP contribution is -2.48. The molecule has 0 bridgehead atoms. The molecule has 4 aromatic rings. The van der Waals surface area contributed by atoms with Gasteiger partial charge in [0.15, 0.2) is 6.29 Å². The van der Waals surface area contributed by atoms with Gasteiger partial charge in [-0.15, -0.1) is 0 Å². The second-order valence-corrected chi connectivity index (χ2v) is 7.91. The number of aldehydes is 1. The zero-order valence-corrected chi connectivity index (χ0v) is 19.9. The van der Waals surface area contributed by atoms with E-state index in [1.54, 1.807) is 34.7 Å². The van der Waals surface area contributed by atoms with Crippen molar-refractivity contribution in [3.63, 3.8) is 0 Å². The fourth-order valence-electron chi connectivity index (χ4n) is 3.65. The van der Waals surface area contributed by atoms with Crippen molar-refractivity contribution in [1.29, 1.82) is 0 Å². The van der Waals surface area contributed by atoms with Crippen LogP contribution in [-0.4, -0.2) is 71.2 Å². The first-order valence-electron chi connectivity index (χ1n) is 10.9. The Labute approximate surface area is 201 Å². The average Bonchev–Trinajstić information content (AvgIpc) is 3.50. The summed E-state index contributed by atoms with van der Waals surface area (Å²) in [7, 11) is 4.83. The molecule has 0 atom stereocenters. The van der Waals surface area contributed by atoms with Gasteiger partial charge in [-0.05, 0) is 30.7 Å². The standard InChI is InChI=1S/C15H18N4O3.C9H8N2O2/c1-9-4-5-10(6-12(9)16-2)13-17-14(22-18-13)11-7-19(8-11)15(20)21-3;1-13-8-2-3-9-10-4-7(6-12)11(9)5-8/h4-6,11,16H,7-8H2,1-3H3;2-6H,1H3. The van der Waals surface area contributed by atoms with Crippen LogP contribution in [0.15, 0.2) is 47.2 Å². The third-order valence-electron chi connectivity index (χ3n) is 5.73. The second-order valence-electron chi connectivity index (χ2n) is 7.91. The second kappa shape index (κ2) is 10.2. The zero-order valence-electron chi connectivity index (χ0n) is 19.9. The van der Waals surface area contributed by atoms with Crippen molar-refractivity contribution in [2.45, 2.75) is 12.8 Å². The number of benzene rings is 1. The molecule has 35 heavy (non-hydrogen) atoms. The van der Waals surface area contributed by atoms with Gasteiger partial charge in [0.1, 0.15) is 17.1 Å². The molecule has 11 nitrogen and oxygen atoms in total. The Morgan fingerprint density at radius 2 is 2.03 bits per heavy atom. The van der Waals surface area contributed by atoms with E-state index < -0.39 is 0 Å². The molecule has 0 saturated carbocycles. The van der Waals surface area contributed by atoms with Gasteiger partial charge in [-0.25, -0.2) is 9.78 Å². The van der Waals surface area contributed by atoms with E-state index in [1.807, 2.05) is 32.2 Å². The molecule has 1 aliphatic heterocycles. The summed E-state index contributed by atoms with van der Waals surface area (Å²) in [6.45, 7) is 3.13. The number of carbonyl (C=O) groups is 2. The normalized spacial score (nSPS) is 13.0. The van der Waals surface area contributed by atoms with E-state index in [-0.39, 0.29) is 12.0 Å². The van der Waals surface area contributed by atoms with Gasteiger partial charge in [-0.1, -0.05) is 17.3 Å². The van der Waals surface area contributed by atoms with E-state index in [9.17, 15) is 9.59 Å². The molecule has 1 aliphatic rings. The number of amides is 1. The van der Waals surface area contributed by atoms with Crippen LogP contribution in [0, 0.1) is 6.92 Å². The minimum absolute atomic E-state index is 0.0783. The van der Waals surface area contributed by atoms with Crippen LogP contribution >= 0.6 is 0 Å². The largest absolute Gasteiger partial charge is 0.495 e. The van der Waals surface area contributed by atoms with Crippen LogP contribution in [0.1, 0.15) is 27.9 Å². The highest BCUT2D eigenvalue weighted by Crippen LogP contribution is 2.29. The highest BCUT2D eigenvalue weighted by molar-refractivity contribution is 5.74. The number of methoxy groups -OCH3 is 2. The SMILES string of the molecule is CNc1cc(-c2noc(C3CN(C(=O)OC)C3)n2)ccc1C.COc1ccc2ncc(C=O)n2c1. The Bertz CT molecular complexity index is 1340. The predicted octanol–water partition coefficient (Wildman–Crippen LogP) is 3.41. The Morgan fingerprint density at radius 1 is 1.23 bits per heavy atom. The van der Waals surface area contributed by atoms with Crippen molar-refractivity contribution in [1.82, 2.24) is 24.4 Å². The molecule has 182 valence electrons. The van der Waals surface area contributed by atoms with Crippen LogP contribution in [0.25, 0.3) is 17.0 Å². The van der Waals surface area contributed by atoms with Gasteiger partial charge in [0.05, 0.1) is 32.5 Å². The molecular formula is C24H26N6O5. The molecule has 3 aromatic heterocycles. The summed E-state index contributed by atoms with van der Waals surface area (Å²) in [6.07, 6.45) is 3.70. The first-order valence-corrected chi connectivity index (χ1v) is 10.9. The summed E-state index contributed by atoms with van der Waals surface area (Å²) >= 11 is 0. The van der Waals surface area contributed by atoms with Crippen LogP contribution in [-0.2, 0) is 4.74 Å². The van der Waals surface area contributed by atoms with Gasteiger partial charge in [-0.3, -0.25) is 9.20 Å². The fourth-order valence-corrected chi connectivity index (χ4v) is 3.65. The number of aryl methyl sites for hydroxylation is 1. The topological polar surface area (TPSA) is 124 Å². The Hall–Kier alpha value is -4.41. The van der Waals surface area contributed by atoms with E-state index >= 15 is 0 Å². The molecule has 5 rings (SSSR count). The maximum absolute atomic E-state index is 11.3. The maximum atomic E-state index is 11.3. The summed E-state index contributed by atoms with van der Waals surface area (Å²) in [4.78, 5) is 32.0. The highest BCUT2D eigenvalue weighted by Gasteiger charge is 2.36. The van der Waals surface area contributed by atoms with Crippen LogP contribution < -0.4 is 10.1 Å². The quantitative estimate of drug-likeness (QED) is 0.430. The van der Waals surface area contributed by atoms with Crippen molar-refractivity contribution in [2.75, 3.05) is 39.7 Å². The molecule has 0 aliphatic carbocycles. The fraction of sp³-hybridized carbons (Fsp3) is 0.292. The Morgan fingerprint density at radius 3 is 2.71 bits per heavy atom. The molecule has 11 heteroatoms. The lowest BCUT2D eigenvalue weighted by molar-refractivity contribution is 0.0804. The van der Waals surface area contributed by atoms with E-state index in [4.69, 9.17) is 9.26 Å². The van der Waals surface area contributed by atoms with Crippen molar-refractivity contribution in [3.05, 3.63) is 59.9 Å². The molecule has 0 unspecified atom stereocenters. The summed E-state index contributed by atoms with van der Waals surface area (Å²) in [5.41, 5.74) is 4.35. The number of nitrogens with one attached hydrogen (secondary N) is 1. The highest BCUT2D eigenvalue weighted by atomic mass is 16.5. The third-order valence-corrected chi connectivity index (χ3v) is 5.73. The zero-order chi connectivity index (χ0) is 24.9. The maximum Gasteiger partial charge on any atom is 0.409 e. The lowest BCUT2D eigenvalue weighted by Gasteiger charge is -2.35. The third kappa shape index (κ3) is 4.93. The monoisotopic (exact) mass is 478 g/mol. The van der Waals surface area contributed by atoms with Crippen LogP contribution in [0.3, 0.4) is 0 Å². The number of hydrogen-bond acceptors (Lipinski definition) is 9. The minimum Gasteiger partial charge on any atom is -0.495 e. The number of imidazole rings is 1. The van der Waals surface area contributed by atoms with Crippen LogP contribution in [0.5, 0.6) is 5.75 Å². The number of nitrogens with zero attached hydrogens (tertiary/aromatic N) is 5. The number of carbonyl (C=O) groups excluding carboxylic acids is 2. The average molecular weight is 479 g/mol. The Balaban J connectivity index is 0.000000189. The van der Waals surface area contributed by atoms with E-state index in [0.29, 0.717) is 36.2 Å². The molecule has 1 N–H and O–H groups in total. The van der Waals surface area contributed by atoms with Crippen molar-refractivity contribution in [2.24, 2.45) is 0 Å². The Kier molecular flexibility index (Phi) is 6.95. The summed E-state index contributed by atoms with van der Waals surface area (Å²) in [5, 5.41) is 7.17. The molecule has 1 amide bonds.